The van der Waals surface area contributed by atoms with Crippen molar-refractivity contribution in [2.45, 2.75) is 25.7 Å². The molecule has 1 amide bonds. The molecule has 0 bridgehead atoms. The quantitative estimate of drug-likeness (QED) is 0.710. The van der Waals surface area contributed by atoms with Crippen LogP contribution < -0.4 is 5.73 Å². The van der Waals surface area contributed by atoms with Gasteiger partial charge in [-0.25, -0.2) is 13.2 Å². The van der Waals surface area contributed by atoms with Crippen molar-refractivity contribution < 1.29 is 22.7 Å². The van der Waals surface area contributed by atoms with Gasteiger partial charge in [-0.05, 0) is 20.8 Å². The molecule has 0 aliphatic carbocycles. The highest BCUT2D eigenvalue weighted by atomic mass is 32.2. The monoisotopic (exact) mass is 317 g/mol. The maximum atomic E-state index is 12.4. The third-order valence-electron chi connectivity index (χ3n) is 2.90. The van der Waals surface area contributed by atoms with Crippen LogP contribution >= 0.6 is 0 Å². The van der Waals surface area contributed by atoms with E-state index < -0.39 is 28.4 Å². The van der Waals surface area contributed by atoms with Crippen LogP contribution in [0.5, 0.6) is 0 Å². The minimum Gasteiger partial charge on any atom is -0.461 e. The zero-order valence-electron chi connectivity index (χ0n) is 12.4. The number of hydrogen-bond acceptors (Lipinski definition) is 5. The van der Waals surface area contributed by atoms with Crippen molar-refractivity contribution in [3.05, 3.63) is 17.0 Å². The van der Waals surface area contributed by atoms with E-state index in [2.05, 4.69) is 4.98 Å². The highest BCUT2D eigenvalue weighted by molar-refractivity contribution is 7.89. The largest absolute Gasteiger partial charge is 0.461 e. The Morgan fingerprint density at radius 1 is 1.33 bits per heavy atom. The van der Waals surface area contributed by atoms with Gasteiger partial charge in [0.05, 0.1) is 13.2 Å². The standard InChI is InChI=1S/C12H19N3O5S/c1-5-20-12(17)10-7(2)11(8(3)14-10)21(18,19)15(4)6-9(13)16/h14H,5-6H2,1-4H3,(H2,13,16). The maximum Gasteiger partial charge on any atom is 0.355 e. The number of carbonyl (C=O) groups is 2. The fourth-order valence-electron chi connectivity index (χ4n) is 1.99. The van der Waals surface area contributed by atoms with Crippen molar-refractivity contribution >= 4 is 21.9 Å². The van der Waals surface area contributed by atoms with E-state index in [9.17, 15) is 18.0 Å². The molecule has 0 radical (unpaired) electrons. The number of amides is 1. The molecule has 0 aliphatic rings. The number of nitrogens with two attached hydrogens (primary N) is 1. The predicted molar refractivity (Wildman–Crippen MR) is 75.2 cm³/mol. The Bertz CT molecular complexity index is 663. The van der Waals surface area contributed by atoms with Gasteiger partial charge in [-0.3, -0.25) is 4.79 Å². The molecular formula is C12H19N3O5S. The first-order valence-corrected chi connectivity index (χ1v) is 7.67. The van der Waals surface area contributed by atoms with Crippen molar-refractivity contribution in [3.8, 4) is 0 Å². The Hall–Kier alpha value is -1.87. The molecule has 1 aromatic rings. The number of likely N-dealkylation sites (N-methyl/N-ethyl adjacent to an activating group) is 1. The van der Waals surface area contributed by atoms with Crippen molar-refractivity contribution in [2.24, 2.45) is 5.73 Å². The molecular weight excluding hydrogens is 298 g/mol. The number of carbonyl (C=O) groups excluding carboxylic acids is 2. The average molecular weight is 317 g/mol. The molecule has 0 aromatic carbocycles. The van der Waals surface area contributed by atoms with Crippen molar-refractivity contribution in [3.63, 3.8) is 0 Å². The van der Waals surface area contributed by atoms with Crippen molar-refractivity contribution in [2.75, 3.05) is 20.2 Å². The zero-order valence-corrected chi connectivity index (χ0v) is 13.2. The number of aryl methyl sites for hydroxylation is 1. The minimum atomic E-state index is -3.93. The van der Waals surface area contributed by atoms with Crippen LogP contribution in [-0.2, 0) is 19.6 Å². The van der Waals surface area contributed by atoms with Crippen molar-refractivity contribution in [1.82, 2.24) is 9.29 Å². The van der Waals surface area contributed by atoms with E-state index >= 15 is 0 Å². The van der Waals surface area contributed by atoms with Gasteiger partial charge in [0.15, 0.2) is 0 Å². The summed E-state index contributed by atoms with van der Waals surface area (Å²) in [6.07, 6.45) is 0. The van der Waals surface area contributed by atoms with Crippen LogP contribution in [0.3, 0.4) is 0 Å². The lowest BCUT2D eigenvalue weighted by molar-refractivity contribution is -0.118. The number of H-pyrrole nitrogens is 1. The van der Waals surface area contributed by atoms with Gasteiger partial charge in [-0.1, -0.05) is 0 Å². The first kappa shape index (κ1) is 17.2. The molecule has 3 N–H and O–H groups in total. The topological polar surface area (TPSA) is 123 Å². The average Bonchev–Trinajstić information content (AvgIpc) is 2.64. The Kier molecular flexibility index (Phi) is 5.13. The van der Waals surface area contributed by atoms with Crippen LogP contribution in [0, 0.1) is 13.8 Å². The summed E-state index contributed by atoms with van der Waals surface area (Å²) in [4.78, 5) is 25.3. The molecule has 0 fully saturated rings. The number of hydrogen-bond donors (Lipinski definition) is 2. The van der Waals surface area contributed by atoms with Crippen LogP contribution in [-0.4, -0.2) is 49.8 Å². The van der Waals surface area contributed by atoms with Gasteiger partial charge in [-0.2, -0.15) is 4.31 Å². The summed E-state index contributed by atoms with van der Waals surface area (Å²) in [5.41, 5.74) is 5.64. The van der Waals surface area contributed by atoms with Gasteiger partial charge >= 0.3 is 5.97 Å². The summed E-state index contributed by atoms with van der Waals surface area (Å²) in [5.74, 6) is -1.39. The number of rotatable bonds is 6. The van der Waals surface area contributed by atoms with Crippen LogP contribution in [0.2, 0.25) is 0 Å². The number of primary amides is 1. The number of nitrogens with zero attached hydrogens (tertiary/aromatic N) is 1. The molecule has 0 aliphatic heterocycles. The van der Waals surface area contributed by atoms with Crippen LogP contribution in [0.15, 0.2) is 4.90 Å². The summed E-state index contributed by atoms with van der Waals surface area (Å²) in [5, 5.41) is 0. The molecule has 9 heteroatoms. The van der Waals surface area contributed by atoms with E-state index in [-0.39, 0.29) is 22.8 Å². The van der Waals surface area contributed by atoms with Gasteiger partial charge in [-0.15, -0.1) is 0 Å². The van der Waals surface area contributed by atoms with E-state index in [1.54, 1.807) is 6.92 Å². The van der Waals surface area contributed by atoms with E-state index in [1.807, 2.05) is 0 Å². The second-order valence-electron chi connectivity index (χ2n) is 4.53. The molecule has 1 aromatic heterocycles. The molecule has 0 spiro atoms. The molecule has 0 saturated carbocycles. The summed E-state index contributed by atoms with van der Waals surface area (Å²) in [7, 11) is -2.68. The highest BCUT2D eigenvalue weighted by Crippen LogP contribution is 2.26. The molecule has 8 nitrogen and oxygen atoms in total. The summed E-state index contributed by atoms with van der Waals surface area (Å²) >= 11 is 0. The van der Waals surface area contributed by atoms with Gasteiger partial charge in [0.1, 0.15) is 10.6 Å². The fourth-order valence-corrected chi connectivity index (χ4v) is 3.52. The maximum absolute atomic E-state index is 12.4. The fraction of sp³-hybridized carbons (Fsp3) is 0.500. The second-order valence-corrected chi connectivity index (χ2v) is 6.51. The summed E-state index contributed by atoms with van der Waals surface area (Å²) in [6, 6.07) is 0. The SMILES string of the molecule is CCOC(=O)c1[nH]c(C)c(S(=O)(=O)N(C)CC(N)=O)c1C. The zero-order chi connectivity index (χ0) is 16.4. The number of aromatic amines is 1. The molecule has 21 heavy (non-hydrogen) atoms. The lowest BCUT2D eigenvalue weighted by Gasteiger charge is -2.15. The third-order valence-corrected chi connectivity index (χ3v) is 4.97. The molecule has 1 heterocycles. The van der Waals surface area contributed by atoms with Gasteiger partial charge in [0.2, 0.25) is 15.9 Å². The highest BCUT2D eigenvalue weighted by Gasteiger charge is 2.30. The number of sulfonamides is 1. The normalized spacial score (nSPS) is 11.7. The van der Waals surface area contributed by atoms with Crippen molar-refractivity contribution in [1.29, 1.82) is 0 Å². The molecule has 0 unspecified atom stereocenters. The third kappa shape index (κ3) is 3.42. The lowest BCUT2D eigenvalue weighted by Crippen LogP contribution is -2.35. The predicted octanol–water partition coefficient (Wildman–Crippen LogP) is -0.0860. The van der Waals surface area contributed by atoms with Crippen LogP contribution in [0.4, 0.5) is 0 Å². The number of esters is 1. The Balaban J connectivity index is 3.31. The number of ether oxygens (including phenoxy) is 1. The lowest BCUT2D eigenvalue weighted by atomic mass is 10.2. The van der Waals surface area contributed by atoms with Crippen LogP contribution in [0.25, 0.3) is 0 Å². The number of nitrogens with one attached hydrogen (secondary N) is 1. The Morgan fingerprint density at radius 2 is 1.90 bits per heavy atom. The van der Waals surface area contributed by atoms with E-state index in [1.165, 1.54) is 20.9 Å². The minimum absolute atomic E-state index is 0.0469. The molecule has 1 rings (SSSR count). The first-order chi connectivity index (χ1) is 9.62. The van der Waals surface area contributed by atoms with E-state index in [0.29, 0.717) is 5.69 Å². The summed E-state index contributed by atoms with van der Waals surface area (Å²) in [6.45, 7) is 4.42. The smallest absolute Gasteiger partial charge is 0.355 e. The summed E-state index contributed by atoms with van der Waals surface area (Å²) < 4.78 is 30.6. The molecule has 0 atom stereocenters. The Morgan fingerprint density at radius 3 is 2.38 bits per heavy atom. The Labute approximate surface area is 123 Å². The van der Waals surface area contributed by atoms with Gasteiger partial charge in [0, 0.05) is 18.3 Å². The van der Waals surface area contributed by atoms with E-state index in [4.69, 9.17) is 10.5 Å². The number of aromatic nitrogens is 1. The molecule has 118 valence electrons. The van der Waals surface area contributed by atoms with Crippen LogP contribution in [0.1, 0.15) is 28.7 Å². The molecule has 0 saturated heterocycles. The first-order valence-electron chi connectivity index (χ1n) is 6.23. The van der Waals surface area contributed by atoms with Gasteiger partial charge in [0.25, 0.3) is 0 Å². The van der Waals surface area contributed by atoms with E-state index in [0.717, 1.165) is 4.31 Å². The van der Waals surface area contributed by atoms with Gasteiger partial charge < -0.3 is 15.5 Å². The second kappa shape index (κ2) is 6.27.